The number of nitrogens with zero attached hydrogens (tertiary/aromatic N) is 3. The Morgan fingerprint density at radius 3 is 2.00 bits per heavy atom. The zero-order chi connectivity index (χ0) is 15.0. The molecule has 0 bridgehead atoms. The zero-order valence-corrected chi connectivity index (χ0v) is 11.7. The molecule has 1 aliphatic rings. The van der Waals surface area contributed by atoms with E-state index in [9.17, 15) is 10.2 Å². The number of aliphatic hydroxyl groups excluding tert-OH is 3. The molecule has 1 aromatic heterocycles. The van der Waals surface area contributed by atoms with Gasteiger partial charge >= 0.3 is 0 Å². The molecule has 110 valence electrons. The Bertz CT molecular complexity index is 519. The molecule has 4 atom stereocenters. The molecule has 0 saturated carbocycles. The van der Waals surface area contributed by atoms with Crippen molar-refractivity contribution in [2.45, 2.75) is 24.5 Å². The lowest BCUT2D eigenvalue weighted by Crippen LogP contribution is -2.33. The van der Waals surface area contributed by atoms with Crippen LogP contribution in [0.1, 0.15) is 17.6 Å². The van der Waals surface area contributed by atoms with Gasteiger partial charge < -0.3 is 31.5 Å². The maximum atomic E-state index is 9.87. The van der Waals surface area contributed by atoms with Gasteiger partial charge in [-0.2, -0.15) is 4.80 Å². The number of aromatic nitrogens is 3. The Labute approximate surface area is 124 Å². The van der Waals surface area contributed by atoms with Gasteiger partial charge in [-0.25, -0.2) is 0 Å². The summed E-state index contributed by atoms with van der Waals surface area (Å²) in [6.07, 6.45) is -4.63. The van der Waals surface area contributed by atoms with E-state index in [1.807, 2.05) is 0 Å². The number of hydrogen-bond donors (Lipinski definition) is 5. The summed E-state index contributed by atoms with van der Waals surface area (Å²) in [7, 11) is 0. The first-order chi connectivity index (χ1) is 9.36. The number of hydrogen-bond acceptors (Lipinski definition) is 8. The molecular formula is C9H13N5O4S2. The summed E-state index contributed by atoms with van der Waals surface area (Å²) in [5.74, 6) is 0. The van der Waals surface area contributed by atoms with E-state index in [-0.39, 0.29) is 21.4 Å². The average molecular weight is 319 g/mol. The molecule has 9 nitrogen and oxygen atoms in total. The minimum absolute atomic E-state index is 0.0641. The molecule has 1 saturated heterocycles. The van der Waals surface area contributed by atoms with Crippen molar-refractivity contribution in [2.75, 3.05) is 6.61 Å². The molecule has 0 amide bonds. The van der Waals surface area contributed by atoms with E-state index in [0.29, 0.717) is 0 Å². The van der Waals surface area contributed by atoms with Crippen molar-refractivity contribution in [3.63, 3.8) is 0 Å². The van der Waals surface area contributed by atoms with Gasteiger partial charge in [0.15, 0.2) is 6.23 Å². The highest BCUT2D eigenvalue weighted by atomic mass is 32.1. The van der Waals surface area contributed by atoms with Crippen LogP contribution >= 0.6 is 24.4 Å². The minimum atomic E-state index is -1.32. The van der Waals surface area contributed by atoms with Crippen LogP contribution in [0.5, 0.6) is 0 Å². The van der Waals surface area contributed by atoms with E-state index in [1.54, 1.807) is 0 Å². The van der Waals surface area contributed by atoms with Crippen LogP contribution < -0.4 is 11.5 Å². The third kappa shape index (κ3) is 2.51. The van der Waals surface area contributed by atoms with Crippen LogP contribution in [0.15, 0.2) is 0 Å². The third-order valence-corrected chi connectivity index (χ3v) is 3.23. The fraction of sp³-hybridized carbons (Fsp3) is 0.556. The number of nitrogens with two attached hydrogens (primary N) is 2. The molecule has 7 N–H and O–H groups in total. The Hall–Kier alpha value is -1.24. The lowest BCUT2D eigenvalue weighted by Gasteiger charge is -2.13. The predicted octanol–water partition coefficient (Wildman–Crippen LogP) is -2.84. The average Bonchev–Trinajstić information content (AvgIpc) is 2.93. The molecule has 11 heteroatoms. The van der Waals surface area contributed by atoms with Crippen LogP contribution in [-0.4, -0.2) is 65.2 Å². The molecule has 0 aromatic carbocycles. The molecule has 1 aliphatic heterocycles. The number of aliphatic hydroxyl groups is 3. The molecule has 0 radical (unpaired) electrons. The van der Waals surface area contributed by atoms with Crippen molar-refractivity contribution in [3.8, 4) is 0 Å². The minimum Gasteiger partial charge on any atom is -0.394 e. The second-order valence-corrected chi connectivity index (χ2v) is 5.05. The number of thiocarbonyl (C=S) groups is 2. The SMILES string of the molecule is NC(=S)c1nn([C@@H]2O[C@H](CO)[C@@H](O)[C@H]2O)nc1C(N)=S. The highest BCUT2D eigenvalue weighted by Gasteiger charge is 2.44. The Balaban J connectivity index is 2.37. The van der Waals surface area contributed by atoms with Gasteiger partial charge in [0.2, 0.25) is 0 Å². The lowest BCUT2D eigenvalue weighted by atomic mass is 10.1. The molecular weight excluding hydrogens is 306 g/mol. The summed E-state index contributed by atoms with van der Waals surface area (Å²) in [4.78, 5) is 0.851. The van der Waals surface area contributed by atoms with E-state index in [4.69, 9.17) is 45.7 Å². The molecule has 2 rings (SSSR count). The highest BCUT2D eigenvalue weighted by Crippen LogP contribution is 2.28. The highest BCUT2D eigenvalue weighted by molar-refractivity contribution is 7.81. The third-order valence-electron chi connectivity index (χ3n) is 2.84. The van der Waals surface area contributed by atoms with E-state index in [1.165, 1.54) is 0 Å². The summed E-state index contributed by atoms with van der Waals surface area (Å²) in [6, 6.07) is 0. The molecule has 0 aliphatic carbocycles. The first kappa shape index (κ1) is 15.2. The van der Waals surface area contributed by atoms with Crippen LogP contribution in [0.3, 0.4) is 0 Å². The van der Waals surface area contributed by atoms with Gasteiger partial charge in [0, 0.05) is 0 Å². The van der Waals surface area contributed by atoms with Crippen LogP contribution in [-0.2, 0) is 4.74 Å². The van der Waals surface area contributed by atoms with Crippen molar-refractivity contribution in [1.82, 2.24) is 15.0 Å². The smallest absolute Gasteiger partial charge is 0.198 e. The maximum Gasteiger partial charge on any atom is 0.198 e. The van der Waals surface area contributed by atoms with Crippen LogP contribution in [0.2, 0.25) is 0 Å². The molecule has 20 heavy (non-hydrogen) atoms. The Morgan fingerprint density at radius 1 is 1.15 bits per heavy atom. The van der Waals surface area contributed by atoms with E-state index in [0.717, 1.165) is 4.80 Å². The summed E-state index contributed by atoms with van der Waals surface area (Å²) in [5, 5.41) is 36.5. The summed E-state index contributed by atoms with van der Waals surface area (Å²) < 4.78 is 5.27. The fourth-order valence-electron chi connectivity index (χ4n) is 1.84. The summed E-state index contributed by atoms with van der Waals surface area (Å²) in [6.45, 7) is -0.458. The summed E-state index contributed by atoms with van der Waals surface area (Å²) in [5.41, 5.74) is 11.2. The van der Waals surface area contributed by atoms with Crippen LogP contribution in [0.25, 0.3) is 0 Å². The van der Waals surface area contributed by atoms with Gasteiger partial charge in [-0.05, 0) is 0 Å². The second-order valence-electron chi connectivity index (χ2n) is 4.17. The van der Waals surface area contributed by atoms with Crippen molar-refractivity contribution < 1.29 is 20.1 Å². The molecule has 2 heterocycles. The zero-order valence-electron chi connectivity index (χ0n) is 10.1. The van der Waals surface area contributed by atoms with Gasteiger partial charge in [0.25, 0.3) is 0 Å². The van der Waals surface area contributed by atoms with Gasteiger partial charge in [0.05, 0.1) is 6.61 Å². The molecule has 0 unspecified atom stereocenters. The van der Waals surface area contributed by atoms with E-state index < -0.39 is 31.1 Å². The predicted molar refractivity (Wildman–Crippen MR) is 74.8 cm³/mol. The number of rotatable bonds is 4. The largest absolute Gasteiger partial charge is 0.394 e. The monoisotopic (exact) mass is 319 g/mol. The van der Waals surface area contributed by atoms with Crippen molar-refractivity contribution >= 4 is 34.4 Å². The standard InChI is InChI=1S/C9H13N5O4S2/c10-7(19)3-4(8(11)20)13-14(12-3)9-6(17)5(16)2(1-15)18-9/h2,5-6,9,15-17H,1H2,(H2,10,19)(H2,11,20)/t2-,5-,6-,9-/m1/s1. The van der Waals surface area contributed by atoms with Gasteiger partial charge in [-0.3, -0.25) is 0 Å². The van der Waals surface area contributed by atoms with Gasteiger partial charge in [0.1, 0.15) is 39.7 Å². The first-order valence-electron chi connectivity index (χ1n) is 5.55. The van der Waals surface area contributed by atoms with Crippen molar-refractivity contribution in [3.05, 3.63) is 11.4 Å². The van der Waals surface area contributed by atoms with Gasteiger partial charge in [-0.1, -0.05) is 24.4 Å². The lowest BCUT2D eigenvalue weighted by molar-refractivity contribution is -0.0655. The fourth-order valence-corrected chi connectivity index (χ4v) is 2.11. The quantitative estimate of drug-likeness (QED) is 0.367. The Kier molecular flexibility index (Phi) is 4.27. The van der Waals surface area contributed by atoms with E-state index in [2.05, 4.69) is 10.2 Å². The maximum absolute atomic E-state index is 9.87. The van der Waals surface area contributed by atoms with Gasteiger partial charge in [-0.15, -0.1) is 10.2 Å². The molecule has 1 aromatic rings. The van der Waals surface area contributed by atoms with E-state index >= 15 is 0 Å². The normalized spacial score (nSPS) is 29.6. The molecule has 0 spiro atoms. The van der Waals surface area contributed by atoms with Crippen molar-refractivity contribution in [2.24, 2.45) is 11.5 Å². The summed E-state index contributed by atoms with van der Waals surface area (Å²) >= 11 is 9.62. The van der Waals surface area contributed by atoms with Crippen molar-refractivity contribution in [1.29, 1.82) is 0 Å². The van der Waals surface area contributed by atoms with Crippen LogP contribution in [0.4, 0.5) is 0 Å². The first-order valence-corrected chi connectivity index (χ1v) is 6.37. The Morgan fingerprint density at radius 2 is 1.65 bits per heavy atom. The molecule has 1 fully saturated rings. The topological polar surface area (TPSA) is 153 Å². The van der Waals surface area contributed by atoms with Crippen LogP contribution in [0, 0.1) is 0 Å². The second kappa shape index (κ2) is 5.63. The number of ether oxygens (including phenoxy) is 1.